The Morgan fingerprint density at radius 2 is 1.90 bits per heavy atom. The zero-order valence-corrected chi connectivity index (χ0v) is 16.1. The first-order valence-electron chi connectivity index (χ1n) is 8.37. The average molecular weight is 448 g/mol. The zero-order chi connectivity index (χ0) is 22.3. The number of rotatable bonds is 5. The van der Waals surface area contributed by atoms with Crippen LogP contribution in [-0.4, -0.2) is 37.4 Å². The van der Waals surface area contributed by atoms with Gasteiger partial charge in [-0.25, -0.2) is 9.18 Å². The number of aliphatic hydroxyl groups is 1. The third-order valence-corrected chi connectivity index (χ3v) is 4.78. The van der Waals surface area contributed by atoms with Gasteiger partial charge in [-0.3, -0.25) is 9.69 Å². The van der Waals surface area contributed by atoms with Crippen molar-refractivity contribution < 1.29 is 41.7 Å². The van der Waals surface area contributed by atoms with Gasteiger partial charge in [-0.15, -0.1) is 0 Å². The molecule has 30 heavy (non-hydrogen) atoms. The molecular weight excluding hydrogens is 434 g/mol. The molecule has 0 spiro atoms. The molecule has 0 radical (unpaired) electrons. The summed E-state index contributed by atoms with van der Waals surface area (Å²) >= 11 is 5.94. The third-order valence-electron chi connectivity index (χ3n) is 4.54. The Bertz CT molecular complexity index is 1010. The largest absolute Gasteiger partial charge is 0.496 e. The van der Waals surface area contributed by atoms with Gasteiger partial charge in [0.25, 0.3) is 5.91 Å². The fraction of sp³-hybridized carbons (Fsp3) is 0.263. The van der Waals surface area contributed by atoms with E-state index in [1.807, 2.05) is 0 Å². The molecule has 1 heterocycles. The smallest absolute Gasteiger partial charge is 0.416 e. The molecule has 0 bridgehead atoms. The van der Waals surface area contributed by atoms with E-state index in [-0.39, 0.29) is 16.3 Å². The van der Waals surface area contributed by atoms with Gasteiger partial charge in [-0.05, 0) is 30.3 Å². The van der Waals surface area contributed by atoms with Gasteiger partial charge in [0, 0.05) is 16.1 Å². The Kier molecular flexibility index (Phi) is 5.66. The molecule has 0 saturated carbocycles. The van der Waals surface area contributed by atoms with E-state index >= 15 is 4.39 Å². The minimum absolute atomic E-state index is 0.0599. The Labute approximate surface area is 172 Å². The molecule has 1 amide bonds. The topological polar surface area (TPSA) is 76.1 Å². The van der Waals surface area contributed by atoms with E-state index in [9.17, 15) is 22.8 Å². The van der Waals surface area contributed by atoms with Gasteiger partial charge in [-0.2, -0.15) is 13.2 Å². The number of anilines is 1. The second-order valence-electron chi connectivity index (χ2n) is 6.27. The molecule has 0 aromatic heterocycles. The van der Waals surface area contributed by atoms with Crippen LogP contribution in [-0.2, 0) is 26.2 Å². The maximum Gasteiger partial charge on any atom is 0.416 e. The number of carbonyl (C=O) groups is 2. The molecule has 0 unspecified atom stereocenters. The minimum Gasteiger partial charge on any atom is -0.496 e. The van der Waals surface area contributed by atoms with Crippen molar-refractivity contribution in [2.45, 2.75) is 11.8 Å². The van der Waals surface area contributed by atoms with E-state index in [0.717, 1.165) is 12.1 Å². The van der Waals surface area contributed by atoms with Gasteiger partial charge in [0.2, 0.25) is 5.67 Å². The normalized spacial score (nSPS) is 18.4. The highest BCUT2D eigenvalue weighted by Crippen LogP contribution is 2.51. The van der Waals surface area contributed by atoms with Crippen molar-refractivity contribution in [3.63, 3.8) is 0 Å². The molecule has 1 aliphatic heterocycles. The Balaban J connectivity index is 2.21. The number of ether oxygens (including phenoxy) is 2. The summed E-state index contributed by atoms with van der Waals surface area (Å²) in [5.74, 6) is -2.51. The highest BCUT2D eigenvalue weighted by molar-refractivity contribution is 6.30. The lowest BCUT2D eigenvalue weighted by Gasteiger charge is -2.23. The molecule has 1 N–H and O–H groups in total. The molecule has 2 aromatic carbocycles. The summed E-state index contributed by atoms with van der Waals surface area (Å²) < 4.78 is 65.6. The molecule has 2 aromatic rings. The predicted octanol–water partition coefficient (Wildman–Crippen LogP) is 3.42. The van der Waals surface area contributed by atoms with E-state index in [2.05, 4.69) is 4.74 Å². The van der Waals surface area contributed by atoms with Crippen LogP contribution in [0.3, 0.4) is 0 Å². The predicted molar refractivity (Wildman–Crippen MR) is 96.9 cm³/mol. The number of fused-ring (bicyclic) bond motifs is 1. The van der Waals surface area contributed by atoms with E-state index in [4.69, 9.17) is 21.4 Å². The number of nitrogens with zero attached hydrogens (tertiary/aromatic N) is 1. The summed E-state index contributed by atoms with van der Waals surface area (Å²) in [7, 11) is 1.23. The fourth-order valence-electron chi connectivity index (χ4n) is 3.15. The second-order valence-corrected chi connectivity index (χ2v) is 6.71. The first-order chi connectivity index (χ1) is 14.0. The number of esters is 1. The van der Waals surface area contributed by atoms with Crippen molar-refractivity contribution in [1.82, 2.24) is 0 Å². The minimum atomic E-state index is -4.76. The standard InChI is InChI=1S/C19H14ClF4NO5/c1-29-15-5-3-11(20)7-13(15)18(21)12-4-2-10(19(22,23)24)6-14(12)25(17(18)28)9-30-16(27)8-26/h2-7,26H,8-9H2,1H3/t18-/m0/s1. The van der Waals surface area contributed by atoms with E-state index < -0.39 is 53.9 Å². The third kappa shape index (κ3) is 3.56. The van der Waals surface area contributed by atoms with Crippen molar-refractivity contribution >= 4 is 29.2 Å². The first-order valence-corrected chi connectivity index (χ1v) is 8.75. The maximum absolute atomic E-state index is 16.3. The summed E-state index contributed by atoms with van der Waals surface area (Å²) in [6, 6.07) is 5.89. The van der Waals surface area contributed by atoms with Crippen molar-refractivity contribution in [2.75, 3.05) is 25.3 Å². The van der Waals surface area contributed by atoms with Crippen LogP contribution in [0.15, 0.2) is 36.4 Å². The molecule has 1 atom stereocenters. The van der Waals surface area contributed by atoms with Crippen LogP contribution in [0.1, 0.15) is 16.7 Å². The van der Waals surface area contributed by atoms with Crippen molar-refractivity contribution in [3.05, 3.63) is 58.1 Å². The highest BCUT2D eigenvalue weighted by Gasteiger charge is 2.55. The van der Waals surface area contributed by atoms with E-state index in [0.29, 0.717) is 17.0 Å². The number of alkyl halides is 4. The lowest BCUT2D eigenvalue weighted by atomic mass is 9.88. The highest BCUT2D eigenvalue weighted by atomic mass is 35.5. The second kappa shape index (κ2) is 7.77. The molecule has 160 valence electrons. The molecule has 0 aliphatic carbocycles. The van der Waals surface area contributed by atoms with Crippen LogP contribution in [0, 0.1) is 0 Å². The number of hydrogen-bond donors (Lipinski definition) is 1. The lowest BCUT2D eigenvalue weighted by molar-refractivity contribution is -0.147. The van der Waals surface area contributed by atoms with Gasteiger partial charge in [0.15, 0.2) is 6.73 Å². The van der Waals surface area contributed by atoms with Crippen molar-refractivity contribution in [3.8, 4) is 5.75 Å². The lowest BCUT2D eigenvalue weighted by Crippen LogP contribution is -2.40. The fourth-order valence-corrected chi connectivity index (χ4v) is 3.33. The summed E-state index contributed by atoms with van der Waals surface area (Å²) in [6.45, 7) is -1.93. The van der Waals surface area contributed by atoms with Crippen LogP contribution in [0.4, 0.5) is 23.2 Å². The maximum atomic E-state index is 16.3. The Morgan fingerprint density at radius 1 is 1.20 bits per heavy atom. The van der Waals surface area contributed by atoms with Crippen molar-refractivity contribution in [1.29, 1.82) is 0 Å². The van der Waals surface area contributed by atoms with Crippen molar-refractivity contribution in [2.24, 2.45) is 0 Å². The van der Waals surface area contributed by atoms with Gasteiger partial charge in [0.1, 0.15) is 12.4 Å². The number of halogens is 5. The molecule has 3 rings (SSSR count). The SMILES string of the molecule is COc1ccc(Cl)cc1[C@]1(F)C(=O)N(COC(=O)CO)c2cc(C(F)(F)F)ccc21. The number of hydrogen-bond acceptors (Lipinski definition) is 5. The van der Waals surface area contributed by atoms with Gasteiger partial charge >= 0.3 is 12.1 Å². The molecular formula is C19H14ClF4NO5. The number of methoxy groups -OCH3 is 1. The van der Waals surface area contributed by atoms with Crippen LogP contribution in [0.5, 0.6) is 5.75 Å². The van der Waals surface area contributed by atoms with Crippen LogP contribution < -0.4 is 9.64 Å². The number of aliphatic hydroxyl groups excluding tert-OH is 1. The number of amides is 1. The van der Waals surface area contributed by atoms with E-state index in [1.165, 1.54) is 19.2 Å². The molecule has 6 nitrogen and oxygen atoms in total. The average Bonchev–Trinajstić information content (AvgIpc) is 2.92. The molecule has 0 saturated heterocycles. The summed E-state index contributed by atoms with van der Waals surface area (Å²) in [5.41, 5.74) is -5.25. The number of benzene rings is 2. The monoisotopic (exact) mass is 447 g/mol. The first kappa shape index (κ1) is 21.8. The van der Waals surface area contributed by atoms with Gasteiger partial charge in [0.05, 0.1) is 18.4 Å². The van der Waals surface area contributed by atoms with Crippen LogP contribution >= 0.6 is 11.6 Å². The number of carbonyl (C=O) groups excluding carboxylic acids is 2. The summed E-state index contributed by atoms with van der Waals surface area (Å²) in [6.07, 6.45) is -4.76. The van der Waals surface area contributed by atoms with Crippen LogP contribution in [0.25, 0.3) is 0 Å². The Morgan fingerprint density at radius 3 is 2.50 bits per heavy atom. The molecule has 1 aliphatic rings. The summed E-state index contributed by atoms with van der Waals surface area (Å²) in [4.78, 5) is 24.9. The van der Waals surface area contributed by atoms with Gasteiger partial charge in [-0.1, -0.05) is 17.7 Å². The zero-order valence-electron chi connectivity index (χ0n) is 15.3. The molecule has 11 heteroatoms. The Hall–Kier alpha value is -2.85. The van der Waals surface area contributed by atoms with Crippen LogP contribution in [0.2, 0.25) is 5.02 Å². The summed E-state index contributed by atoms with van der Waals surface area (Å²) in [5, 5.41) is 8.83. The quantitative estimate of drug-likeness (QED) is 0.561. The van der Waals surface area contributed by atoms with Gasteiger partial charge < -0.3 is 14.6 Å². The van der Waals surface area contributed by atoms with E-state index in [1.54, 1.807) is 0 Å². The molecule has 0 fully saturated rings.